The van der Waals surface area contributed by atoms with Gasteiger partial charge in [-0.15, -0.1) is 0 Å². The van der Waals surface area contributed by atoms with E-state index in [-0.39, 0.29) is 0 Å². The number of alkyl halides is 3. The number of hydrogen-bond acceptors (Lipinski definition) is 2. The van der Waals surface area contributed by atoms with Crippen molar-refractivity contribution in [3.63, 3.8) is 0 Å². The molecule has 4 rings (SSSR count). The fourth-order valence-electron chi connectivity index (χ4n) is 5.52. The molecule has 0 aromatic heterocycles. The van der Waals surface area contributed by atoms with Gasteiger partial charge in [-0.1, -0.05) is 18.9 Å². The maximum Gasteiger partial charge on any atom is 0.416 e. The summed E-state index contributed by atoms with van der Waals surface area (Å²) in [5.41, 5.74) is 0.145. The summed E-state index contributed by atoms with van der Waals surface area (Å²) in [6.07, 6.45) is 2.80. The average molecular weight is 366 g/mol. The molecule has 3 atom stereocenters. The normalized spacial score (nSPS) is 31.2. The first kappa shape index (κ1) is 18.1. The van der Waals surface area contributed by atoms with Crippen molar-refractivity contribution in [1.82, 2.24) is 4.90 Å². The van der Waals surface area contributed by atoms with E-state index in [0.717, 1.165) is 50.0 Å². The molecule has 2 aliphatic carbocycles. The Hall–Kier alpha value is -1.23. The van der Waals surface area contributed by atoms with E-state index in [1.807, 2.05) is 0 Å². The molecule has 26 heavy (non-hydrogen) atoms. The Morgan fingerprint density at radius 1 is 0.962 bits per heavy atom. The summed E-state index contributed by atoms with van der Waals surface area (Å²) in [5, 5.41) is 0. The number of hydrogen-bond donors (Lipinski definition) is 0. The molecule has 3 aliphatic rings. The average Bonchev–Trinajstić information content (AvgIpc) is 2.98. The number of halogens is 3. The van der Waals surface area contributed by atoms with Crippen molar-refractivity contribution in [3.05, 3.63) is 29.8 Å². The van der Waals surface area contributed by atoms with E-state index in [9.17, 15) is 13.2 Å². The standard InChI is InChI=1S/C21H29F3N2/c1-15(18-12-16-5-6-17(11-16)13-18)25-7-9-26(10-8-25)20-4-2-3-19(14-20)21(22,23)24/h2-4,14-18H,5-13H2,1H3. The Morgan fingerprint density at radius 3 is 2.23 bits per heavy atom. The molecule has 1 saturated heterocycles. The van der Waals surface area contributed by atoms with Gasteiger partial charge in [-0.2, -0.15) is 13.2 Å². The van der Waals surface area contributed by atoms with E-state index in [4.69, 9.17) is 0 Å². The SMILES string of the molecule is CC(C1CC2CCC(C2)C1)N1CCN(c2cccc(C(F)(F)F)c2)CC1. The minimum atomic E-state index is -4.27. The zero-order valence-electron chi connectivity index (χ0n) is 15.5. The lowest BCUT2D eigenvalue weighted by molar-refractivity contribution is -0.137. The Kier molecular flexibility index (Phi) is 4.93. The van der Waals surface area contributed by atoms with E-state index in [2.05, 4.69) is 16.7 Å². The van der Waals surface area contributed by atoms with Gasteiger partial charge in [-0.25, -0.2) is 0 Å². The molecular formula is C21H29F3N2. The predicted molar refractivity (Wildman–Crippen MR) is 98.2 cm³/mol. The second-order valence-electron chi connectivity index (χ2n) is 8.59. The Balaban J connectivity index is 1.35. The smallest absolute Gasteiger partial charge is 0.369 e. The third kappa shape index (κ3) is 3.73. The van der Waals surface area contributed by atoms with Crippen molar-refractivity contribution in [2.75, 3.05) is 31.1 Å². The van der Waals surface area contributed by atoms with Crippen LogP contribution in [0.5, 0.6) is 0 Å². The molecule has 0 spiro atoms. The molecule has 3 fully saturated rings. The number of anilines is 1. The van der Waals surface area contributed by atoms with Crippen molar-refractivity contribution in [2.45, 2.75) is 51.2 Å². The Morgan fingerprint density at radius 2 is 1.62 bits per heavy atom. The van der Waals surface area contributed by atoms with Crippen LogP contribution < -0.4 is 4.90 Å². The molecule has 1 aromatic carbocycles. The van der Waals surface area contributed by atoms with Gasteiger partial charge in [0.2, 0.25) is 0 Å². The van der Waals surface area contributed by atoms with Crippen LogP contribution >= 0.6 is 0 Å². The lowest BCUT2D eigenvalue weighted by Crippen LogP contribution is -2.52. The first-order chi connectivity index (χ1) is 12.4. The largest absolute Gasteiger partial charge is 0.416 e. The second-order valence-corrected chi connectivity index (χ2v) is 8.59. The van der Waals surface area contributed by atoms with Gasteiger partial charge in [-0.05, 0) is 62.1 Å². The molecule has 1 aromatic rings. The summed E-state index contributed by atoms with van der Waals surface area (Å²) in [7, 11) is 0. The molecule has 5 heteroatoms. The van der Waals surface area contributed by atoms with Gasteiger partial charge in [0, 0.05) is 37.9 Å². The zero-order chi connectivity index (χ0) is 18.3. The summed E-state index contributed by atoms with van der Waals surface area (Å²) in [6, 6.07) is 6.36. The number of rotatable bonds is 3. The molecule has 1 aliphatic heterocycles. The lowest BCUT2D eigenvalue weighted by atomic mass is 9.77. The van der Waals surface area contributed by atoms with Crippen molar-refractivity contribution >= 4 is 5.69 Å². The maximum absolute atomic E-state index is 13.0. The van der Waals surface area contributed by atoms with E-state index >= 15 is 0 Å². The van der Waals surface area contributed by atoms with Crippen LogP contribution in [0.1, 0.15) is 44.6 Å². The van der Waals surface area contributed by atoms with Gasteiger partial charge in [0.25, 0.3) is 0 Å². The molecule has 2 bridgehead atoms. The van der Waals surface area contributed by atoms with Crippen LogP contribution in [0.15, 0.2) is 24.3 Å². The summed E-state index contributed by atoms with van der Waals surface area (Å²) >= 11 is 0. The first-order valence-electron chi connectivity index (χ1n) is 10.1. The molecule has 0 radical (unpaired) electrons. The highest BCUT2D eigenvalue weighted by atomic mass is 19.4. The van der Waals surface area contributed by atoms with Crippen molar-refractivity contribution < 1.29 is 13.2 Å². The van der Waals surface area contributed by atoms with Crippen LogP contribution in [0.25, 0.3) is 0 Å². The fourth-order valence-corrected chi connectivity index (χ4v) is 5.52. The van der Waals surface area contributed by atoms with Crippen molar-refractivity contribution in [1.29, 1.82) is 0 Å². The van der Waals surface area contributed by atoms with Crippen LogP contribution in [0.4, 0.5) is 18.9 Å². The highest BCUT2D eigenvalue weighted by molar-refractivity contribution is 5.49. The van der Waals surface area contributed by atoms with Gasteiger partial charge in [0.05, 0.1) is 5.56 Å². The maximum atomic E-state index is 13.0. The van der Waals surface area contributed by atoms with Gasteiger partial charge in [-0.3, -0.25) is 4.90 Å². The van der Waals surface area contributed by atoms with Crippen LogP contribution in [-0.4, -0.2) is 37.1 Å². The van der Waals surface area contributed by atoms with Crippen LogP contribution in [0, 0.1) is 17.8 Å². The highest BCUT2D eigenvalue weighted by Gasteiger charge is 2.38. The van der Waals surface area contributed by atoms with Gasteiger partial charge >= 0.3 is 6.18 Å². The van der Waals surface area contributed by atoms with Crippen LogP contribution in [0.3, 0.4) is 0 Å². The second kappa shape index (κ2) is 7.06. The number of benzene rings is 1. The van der Waals surface area contributed by atoms with Gasteiger partial charge < -0.3 is 4.90 Å². The molecular weight excluding hydrogens is 337 g/mol. The van der Waals surface area contributed by atoms with Gasteiger partial charge in [0.15, 0.2) is 0 Å². The molecule has 1 heterocycles. The van der Waals surface area contributed by atoms with Crippen LogP contribution in [0.2, 0.25) is 0 Å². The molecule has 144 valence electrons. The van der Waals surface area contributed by atoms with E-state index in [1.165, 1.54) is 44.2 Å². The third-order valence-corrected chi connectivity index (χ3v) is 7.03. The molecule has 2 saturated carbocycles. The van der Waals surface area contributed by atoms with Gasteiger partial charge in [0.1, 0.15) is 0 Å². The molecule has 2 nitrogen and oxygen atoms in total. The summed E-state index contributed by atoms with van der Waals surface area (Å²) < 4.78 is 38.9. The van der Waals surface area contributed by atoms with Crippen molar-refractivity contribution in [3.8, 4) is 0 Å². The van der Waals surface area contributed by atoms with E-state index < -0.39 is 11.7 Å². The minimum Gasteiger partial charge on any atom is -0.369 e. The van der Waals surface area contributed by atoms with E-state index in [1.54, 1.807) is 6.07 Å². The van der Waals surface area contributed by atoms with E-state index in [0.29, 0.717) is 11.7 Å². The van der Waals surface area contributed by atoms with Crippen LogP contribution in [-0.2, 0) is 6.18 Å². The number of piperazine rings is 1. The highest BCUT2D eigenvalue weighted by Crippen LogP contribution is 2.46. The summed E-state index contributed by atoms with van der Waals surface area (Å²) in [5.74, 6) is 2.71. The Bertz CT molecular complexity index is 610. The zero-order valence-corrected chi connectivity index (χ0v) is 15.5. The monoisotopic (exact) mass is 366 g/mol. The summed E-state index contributed by atoms with van der Waals surface area (Å²) in [6.45, 7) is 5.89. The quantitative estimate of drug-likeness (QED) is 0.739. The lowest BCUT2D eigenvalue weighted by Gasteiger charge is -2.43. The van der Waals surface area contributed by atoms with Crippen molar-refractivity contribution in [2.24, 2.45) is 17.8 Å². The number of fused-ring (bicyclic) bond motifs is 2. The minimum absolute atomic E-state index is 0.552. The topological polar surface area (TPSA) is 6.48 Å². The molecule has 0 N–H and O–H groups in total. The third-order valence-electron chi connectivity index (χ3n) is 7.03. The number of nitrogens with zero attached hydrogens (tertiary/aromatic N) is 2. The fraction of sp³-hybridized carbons (Fsp3) is 0.714. The summed E-state index contributed by atoms with van der Waals surface area (Å²) in [4.78, 5) is 4.67. The molecule has 3 unspecified atom stereocenters. The molecule has 0 amide bonds. The first-order valence-corrected chi connectivity index (χ1v) is 10.1. The predicted octanol–water partition coefficient (Wildman–Crippen LogP) is 5.04. The Labute approximate surface area is 154 Å².